The molecule has 0 fully saturated rings. The molecule has 3 rings (SSSR count). The smallest absolute Gasteiger partial charge is 0.332 e. The Morgan fingerprint density at radius 1 is 0.528 bits per heavy atom. The van der Waals surface area contributed by atoms with Crippen LogP contribution in [0.15, 0.2) is 47.1 Å². The highest BCUT2D eigenvalue weighted by molar-refractivity contribution is 5.91. The van der Waals surface area contributed by atoms with Crippen molar-refractivity contribution in [3.8, 4) is 0 Å². The van der Waals surface area contributed by atoms with E-state index in [-0.39, 0.29) is 0 Å². The normalized spacial score (nSPS) is 27.2. The molecule has 0 aromatic carbocycles. The van der Waals surface area contributed by atoms with Gasteiger partial charge in [-0.15, -0.1) is 0 Å². The molecule has 3 aliphatic carbocycles. The molecule has 0 aliphatic heterocycles. The molecule has 1 N–H and O–H groups in total. The van der Waals surface area contributed by atoms with Gasteiger partial charge in [-0.1, -0.05) is 119 Å². The number of allylic oxidation sites excluding steroid dienone is 6. The summed E-state index contributed by atoms with van der Waals surface area (Å²) in [5.74, 6) is -0.802. The van der Waals surface area contributed by atoms with Crippen LogP contribution >= 0.6 is 0 Å². The van der Waals surface area contributed by atoms with Crippen LogP contribution in [-0.2, 0) is 4.79 Å². The summed E-state index contributed by atoms with van der Waals surface area (Å²) in [6.45, 7) is 4.42. The molecule has 2 heteroatoms. The van der Waals surface area contributed by atoms with Gasteiger partial charge in [-0.2, -0.15) is 0 Å². The molecule has 0 saturated heterocycles. The maximum Gasteiger partial charge on any atom is 0.332 e. The number of rotatable bonds is 5. The van der Waals surface area contributed by atoms with Crippen molar-refractivity contribution in [1.29, 1.82) is 0 Å². The summed E-state index contributed by atoms with van der Waals surface area (Å²) >= 11 is 0. The molecule has 0 unspecified atom stereocenters. The molecule has 0 radical (unpaired) electrons. The molecule has 3 aliphatic rings. The maximum absolute atomic E-state index is 12.9. The Labute approximate surface area is 222 Å². The summed E-state index contributed by atoms with van der Waals surface area (Å²) in [6.07, 6.45) is 36.5. The third kappa shape index (κ3) is 8.22. The number of carbonyl (C=O) groups is 1. The molecule has 0 heterocycles. The lowest BCUT2D eigenvalue weighted by atomic mass is 9.59. The number of hydrogen-bond donors (Lipinski definition) is 1. The third-order valence-corrected chi connectivity index (χ3v) is 9.03. The molecular weight excluding hydrogens is 440 g/mol. The first-order valence-corrected chi connectivity index (χ1v) is 15.7. The molecule has 0 bridgehead atoms. The van der Waals surface area contributed by atoms with Crippen LogP contribution in [-0.4, -0.2) is 11.1 Å². The van der Waals surface area contributed by atoms with Crippen LogP contribution in [0.3, 0.4) is 0 Å². The summed E-state index contributed by atoms with van der Waals surface area (Å²) in [4.78, 5) is 12.9. The lowest BCUT2D eigenvalue weighted by molar-refractivity contribution is -0.133. The van der Waals surface area contributed by atoms with E-state index in [1.54, 1.807) is 0 Å². The Morgan fingerprint density at radius 3 is 1.11 bits per heavy atom. The maximum atomic E-state index is 12.9. The molecule has 202 valence electrons. The molecule has 0 spiro atoms. The zero-order valence-electron chi connectivity index (χ0n) is 23.3. The average Bonchev–Trinajstić information content (AvgIpc) is 2.90. The molecular formula is C34H54O2. The fourth-order valence-electron chi connectivity index (χ4n) is 7.02. The molecule has 36 heavy (non-hydrogen) atoms. The van der Waals surface area contributed by atoms with E-state index in [0.29, 0.717) is 5.57 Å². The predicted molar refractivity (Wildman–Crippen MR) is 154 cm³/mol. The van der Waals surface area contributed by atoms with Gasteiger partial charge in [0, 0.05) is 5.57 Å². The zero-order chi connectivity index (χ0) is 25.5. The first-order chi connectivity index (χ1) is 17.7. The Bertz CT molecular complexity index is 697. The topological polar surface area (TPSA) is 37.3 Å². The van der Waals surface area contributed by atoms with Crippen molar-refractivity contribution < 1.29 is 9.90 Å². The van der Waals surface area contributed by atoms with Gasteiger partial charge in [0.2, 0.25) is 0 Å². The SMILES string of the molecule is C=C(C(=O)O)C(/C1=C/CCCCCCCC1)(/C1=C/CCCCCCCC1)/C1=C/CCCCCCCC1. The van der Waals surface area contributed by atoms with Gasteiger partial charge in [-0.3, -0.25) is 0 Å². The van der Waals surface area contributed by atoms with E-state index in [4.69, 9.17) is 0 Å². The Hall–Kier alpha value is -1.57. The highest BCUT2D eigenvalue weighted by Gasteiger charge is 2.45. The molecule has 2 nitrogen and oxygen atoms in total. The van der Waals surface area contributed by atoms with E-state index in [2.05, 4.69) is 24.8 Å². The summed E-state index contributed by atoms with van der Waals surface area (Å²) in [6, 6.07) is 0. The van der Waals surface area contributed by atoms with Gasteiger partial charge < -0.3 is 5.11 Å². The minimum atomic E-state index is -0.802. The van der Waals surface area contributed by atoms with Gasteiger partial charge >= 0.3 is 5.97 Å². The number of hydrogen-bond acceptors (Lipinski definition) is 1. The fourth-order valence-corrected chi connectivity index (χ4v) is 7.02. The van der Waals surface area contributed by atoms with Crippen molar-refractivity contribution >= 4 is 5.97 Å². The zero-order valence-corrected chi connectivity index (χ0v) is 23.3. The molecule has 0 saturated carbocycles. The lowest BCUT2D eigenvalue weighted by Crippen LogP contribution is -2.35. The first kappa shape index (κ1) is 29.0. The lowest BCUT2D eigenvalue weighted by Gasteiger charge is -2.43. The third-order valence-electron chi connectivity index (χ3n) is 9.03. The molecule has 0 aromatic rings. The minimum Gasteiger partial charge on any atom is -0.478 e. The Morgan fingerprint density at radius 2 is 0.806 bits per heavy atom. The van der Waals surface area contributed by atoms with Crippen LogP contribution in [0.25, 0.3) is 0 Å². The van der Waals surface area contributed by atoms with Gasteiger partial charge in [0.05, 0.1) is 5.41 Å². The summed E-state index contributed by atoms with van der Waals surface area (Å²) in [7, 11) is 0. The van der Waals surface area contributed by atoms with Crippen molar-refractivity contribution in [1.82, 2.24) is 0 Å². The van der Waals surface area contributed by atoms with Crippen molar-refractivity contribution in [3.05, 3.63) is 47.1 Å². The second kappa shape index (κ2) is 16.3. The quantitative estimate of drug-likeness (QED) is 0.305. The highest BCUT2D eigenvalue weighted by atomic mass is 16.4. The number of carboxylic acid groups (broad SMARTS) is 1. The van der Waals surface area contributed by atoms with Gasteiger partial charge in [0.1, 0.15) is 0 Å². The van der Waals surface area contributed by atoms with E-state index < -0.39 is 11.4 Å². The standard InChI is InChI=1S/C34H54O2/c1-29(33(35)36)34(30-23-17-11-5-2-6-12-18-24-30,31-25-19-13-7-3-8-14-20-26-31)32-27-21-15-9-4-10-16-22-28-32/h23,25,27H,1-22,24,26,28H2,(H,35,36)/b30-23+,31-25+,32-27+. The van der Waals surface area contributed by atoms with Crippen molar-refractivity contribution in [2.24, 2.45) is 5.41 Å². The van der Waals surface area contributed by atoms with E-state index >= 15 is 0 Å². The summed E-state index contributed by atoms with van der Waals surface area (Å²) < 4.78 is 0. The van der Waals surface area contributed by atoms with Crippen LogP contribution in [0.2, 0.25) is 0 Å². The predicted octanol–water partition coefficient (Wildman–Crippen LogP) is 10.8. The Kier molecular flexibility index (Phi) is 13.1. The number of carboxylic acids is 1. The molecule has 0 aromatic heterocycles. The fraction of sp³-hybridized carbons (Fsp3) is 0.735. The minimum absolute atomic E-state index is 0.428. The molecule has 0 amide bonds. The largest absolute Gasteiger partial charge is 0.478 e. The second-order valence-corrected chi connectivity index (χ2v) is 11.7. The summed E-state index contributed by atoms with van der Waals surface area (Å²) in [5, 5.41) is 10.6. The van der Waals surface area contributed by atoms with Crippen LogP contribution < -0.4 is 0 Å². The average molecular weight is 495 g/mol. The van der Waals surface area contributed by atoms with E-state index in [1.165, 1.54) is 132 Å². The van der Waals surface area contributed by atoms with Gasteiger partial charge in [-0.05, 0) is 77.0 Å². The summed E-state index contributed by atoms with van der Waals surface area (Å²) in [5.41, 5.74) is 3.95. The highest BCUT2D eigenvalue weighted by Crippen LogP contribution is 2.54. The van der Waals surface area contributed by atoms with Gasteiger partial charge in [0.15, 0.2) is 0 Å². The number of aliphatic carboxylic acids is 1. The molecule has 0 atom stereocenters. The van der Waals surface area contributed by atoms with Crippen LogP contribution in [0.1, 0.15) is 154 Å². The monoisotopic (exact) mass is 494 g/mol. The van der Waals surface area contributed by atoms with E-state index in [0.717, 1.165) is 38.5 Å². The van der Waals surface area contributed by atoms with Gasteiger partial charge in [0.25, 0.3) is 0 Å². The van der Waals surface area contributed by atoms with E-state index in [1.807, 2.05) is 0 Å². The van der Waals surface area contributed by atoms with Crippen molar-refractivity contribution in [3.63, 3.8) is 0 Å². The van der Waals surface area contributed by atoms with Gasteiger partial charge in [-0.25, -0.2) is 4.79 Å². The van der Waals surface area contributed by atoms with Crippen LogP contribution in [0.4, 0.5) is 0 Å². The van der Waals surface area contributed by atoms with Crippen molar-refractivity contribution in [2.75, 3.05) is 0 Å². The van der Waals surface area contributed by atoms with Crippen LogP contribution in [0.5, 0.6) is 0 Å². The second-order valence-electron chi connectivity index (χ2n) is 11.7. The van der Waals surface area contributed by atoms with Crippen molar-refractivity contribution in [2.45, 2.75) is 154 Å². The van der Waals surface area contributed by atoms with Crippen LogP contribution in [0, 0.1) is 5.41 Å². The van der Waals surface area contributed by atoms with E-state index in [9.17, 15) is 9.90 Å². The Balaban J connectivity index is 2.19. The first-order valence-electron chi connectivity index (χ1n) is 15.7.